The largest absolute Gasteiger partial charge is 0.416 e. The summed E-state index contributed by atoms with van der Waals surface area (Å²) in [5.41, 5.74) is 1.94. The van der Waals surface area contributed by atoms with Gasteiger partial charge < -0.3 is 4.90 Å². The molecule has 1 fully saturated rings. The summed E-state index contributed by atoms with van der Waals surface area (Å²) in [6, 6.07) is 29.0. The maximum absolute atomic E-state index is 13.3. The molecule has 0 spiro atoms. The Bertz CT molecular complexity index is 1120. The van der Waals surface area contributed by atoms with Crippen LogP contribution in [0.2, 0.25) is 0 Å². The second kappa shape index (κ2) is 13.8. The molecular formula is C34H39F3N2. The monoisotopic (exact) mass is 532 g/mol. The predicted octanol–water partition coefficient (Wildman–Crippen LogP) is 8.61. The van der Waals surface area contributed by atoms with E-state index >= 15 is 0 Å². The van der Waals surface area contributed by atoms with Crippen molar-refractivity contribution in [1.82, 2.24) is 4.90 Å². The molecule has 0 heterocycles. The first-order chi connectivity index (χ1) is 18.9. The van der Waals surface area contributed by atoms with Crippen LogP contribution in [0.25, 0.3) is 0 Å². The molecule has 1 saturated carbocycles. The van der Waals surface area contributed by atoms with Crippen LogP contribution in [-0.4, -0.2) is 24.5 Å². The Labute approximate surface area is 231 Å². The van der Waals surface area contributed by atoms with Crippen LogP contribution in [0.15, 0.2) is 84.9 Å². The molecule has 39 heavy (non-hydrogen) atoms. The number of hydrogen-bond donors (Lipinski definition) is 0. The van der Waals surface area contributed by atoms with Crippen LogP contribution in [0.5, 0.6) is 0 Å². The van der Waals surface area contributed by atoms with E-state index in [1.54, 1.807) is 12.1 Å². The van der Waals surface area contributed by atoms with Gasteiger partial charge in [0, 0.05) is 13.1 Å². The van der Waals surface area contributed by atoms with E-state index in [-0.39, 0.29) is 5.92 Å². The Morgan fingerprint density at radius 2 is 1.21 bits per heavy atom. The molecule has 0 aliphatic heterocycles. The number of nitriles is 1. The Balaban J connectivity index is 1.49. The summed E-state index contributed by atoms with van der Waals surface area (Å²) in [4.78, 5) is 2.48. The number of hydrogen-bond acceptors (Lipinski definition) is 2. The van der Waals surface area contributed by atoms with Crippen molar-refractivity contribution in [3.63, 3.8) is 0 Å². The number of rotatable bonds is 12. The lowest BCUT2D eigenvalue weighted by Gasteiger charge is -2.38. The van der Waals surface area contributed by atoms with Crippen molar-refractivity contribution in [2.45, 2.75) is 69.4 Å². The van der Waals surface area contributed by atoms with Gasteiger partial charge in [0.1, 0.15) is 0 Å². The fourth-order valence-electron chi connectivity index (χ4n) is 6.13. The highest BCUT2D eigenvalue weighted by molar-refractivity contribution is 5.37. The molecule has 0 amide bonds. The molecule has 4 rings (SSSR count). The van der Waals surface area contributed by atoms with Crippen molar-refractivity contribution in [1.29, 1.82) is 5.26 Å². The van der Waals surface area contributed by atoms with Crippen LogP contribution in [0.4, 0.5) is 13.2 Å². The van der Waals surface area contributed by atoms with E-state index in [0.29, 0.717) is 6.42 Å². The van der Waals surface area contributed by atoms with Gasteiger partial charge in [-0.25, -0.2) is 0 Å². The first-order valence-corrected chi connectivity index (χ1v) is 14.3. The predicted molar refractivity (Wildman–Crippen MR) is 151 cm³/mol. The minimum absolute atomic E-state index is 0.176. The van der Waals surface area contributed by atoms with Crippen molar-refractivity contribution in [3.8, 4) is 6.07 Å². The highest BCUT2D eigenvalue weighted by atomic mass is 19.4. The van der Waals surface area contributed by atoms with Gasteiger partial charge in [0.2, 0.25) is 0 Å². The van der Waals surface area contributed by atoms with E-state index in [1.165, 1.54) is 11.1 Å². The van der Waals surface area contributed by atoms with Crippen LogP contribution in [0.3, 0.4) is 0 Å². The topological polar surface area (TPSA) is 27.0 Å². The molecule has 206 valence electrons. The summed E-state index contributed by atoms with van der Waals surface area (Å²) >= 11 is 0. The maximum Gasteiger partial charge on any atom is 0.416 e. The molecular weight excluding hydrogens is 493 g/mol. The highest BCUT2D eigenvalue weighted by Crippen LogP contribution is 2.44. The van der Waals surface area contributed by atoms with Gasteiger partial charge in [-0.05, 0) is 79.8 Å². The zero-order valence-electron chi connectivity index (χ0n) is 22.7. The fourth-order valence-corrected chi connectivity index (χ4v) is 6.13. The summed E-state index contributed by atoms with van der Waals surface area (Å²) in [7, 11) is 0. The van der Waals surface area contributed by atoms with Crippen molar-refractivity contribution >= 4 is 0 Å². The molecule has 5 heteroatoms. The molecule has 0 N–H and O–H groups in total. The summed E-state index contributed by atoms with van der Waals surface area (Å²) in [5, 5.41) is 10.6. The Morgan fingerprint density at radius 3 is 1.69 bits per heavy atom. The van der Waals surface area contributed by atoms with Gasteiger partial charge in [0.25, 0.3) is 0 Å². The molecule has 1 atom stereocenters. The van der Waals surface area contributed by atoms with Gasteiger partial charge in [0.15, 0.2) is 0 Å². The summed E-state index contributed by atoms with van der Waals surface area (Å²) in [5.74, 6) is 0.176. The van der Waals surface area contributed by atoms with Gasteiger partial charge in [0.05, 0.1) is 17.0 Å². The summed E-state index contributed by atoms with van der Waals surface area (Å²) < 4.78 is 39.8. The second-order valence-corrected chi connectivity index (χ2v) is 10.9. The Kier molecular flexibility index (Phi) is 10.2. The SMILES string of the molecule is N#CC(CCCN(CCc1ccccc1)CCc1ccccc1)(c1ccc(C(F)(F)F)cc1)C1CCCCC1. The number of halogens is 3. The summed E-state index contributed by atoms with van der Waals surface area (Å²) in [6.07, 6.45) is 4.27. The lowest BCUT2D eigenvalue weighted by molar-refractivity contribution is -0.137. The fraction of sp³-hybridized carbons (Fsp3) is 0.441. The van der Waals surface area contributed by atoms with Crippen molar-refractivity contribution in [3.05, 3.63) is 107 Å². The standard InChI is InChI=1S/C34H39F3N2/c35-34(36,37)32-19-17-31(18-20-32)33(27-38,30-15-8-3-9-16-30)23-10-24-39(25-21-28-11-4-1-5-12-28)26-22-29-13-6-2-7-14-29/h1-2,4-7,11-14,17-20,30H,3,8-10,15-16,21-26H2. The number of alkyl halides is 3. The van der Waals surface area contributed by atoms with E-state index in [1.807, 2.05) is 12.1 Å². The second-order valence-electron chi connectivity index (χ2n) is 10.9. The highest BCUT2D eigenvalue weighted by Gasteiger charge is 2.41. The van der Waals surface area contributed by atoms with Crippen LogP contribution >= 0.6 is 0 Å². The lowest BCUT2D eigenvalue weighted by atomic mass is 9.63. The van der Waals surface area contributed by atoms with Gasteiger partial charge in [-0.15, -0.1) is 0 Å². The van der Waals surface area contributed by atoms with Crippen LogP contribution in [0.1, 0.15) is 67.2 Å². The van der Waals surface area contributed by atoms with Crippen LogP contribution in [-0.2, 0) is 24.4 Å². The molecule has 3 aromatic rings. The Hall–Kier alpha value is -3.10. The molecule has 0 radical (unpaired) electrons. The van der Waals surface area contributed by atoms with E-state index in [0.717, 1.165) is 88.7 Å². The minimum atomic E-state index is -4.38. The van der Waals surface area contributed by atoms with Gasteiger partial charge in [-0.1, -0.05) is 92.1 Å². The molecule has 0 bridgehead atoms. The van der Waals surface area contributed by atoms with Crippen molar-refractivity contribution < 1.29 is 13.2 Å². The summed E-state index contributed by atoms with van der Waals surface area (Å²) in [6.45, 7) is 2.72. The normalized spacial score (nSPS) is 16.1. The minimum Gasteiger partial charge on any atom is -0.303 e. The molecule has 3 aromatic carbocycles. The zero-order chi connectivity index (χ0) is 27.6. The lowest BCUT2D eigenvalue weighted by Crippen LogP contribution is -2.37. The first kappa shape index (κ1) is 28.9. The smallest absolute Gasteiger partial charge is 0.303 e. The van der Waals surface area contributed by atoms with E-state index < -0.39 is 17.2 Å². The molecule has 0 saturated heterocycles. The van der Waals surface area contributed by atoms with Gasteiger partial charge >= 0.3 is 6.18 Å². The molecule has 1 aliphatic rings. The van der Waals surface area contributed by atoms with Crippen LogP contribution < -0.4 is 0 Å². The van der Waals surface area contributed by atoms with E-state index in [9.17, 15) is 18.4 Å². The van der Waals surface area contributed by atoms with Crippen LogP contribution in [0, 0.1) is 17.2 Å². The number of nitrogens with zero attached hydrogens (tertiary/aromatic N) is 2. The third-order valence-corrected chi connectivity index (χ3v) is 8.39. The Morgan fingerprint density at radius 1 is 0.692 bits per heavy atom. The van der Waals surface area contributed by atoms with Crippen molar-refractivity contribution in [2.75, 3.05) is 19.6 Å². The molecule has 0 aromatic heterocycles. The van der Waals surface area contributed by atoms with E-state index in [4.69, 9.17) is 0 Å². The van der Waals surface area contributed by atoms with Gasteiger partial charge in [-0.3, -0.25) is 0 Å². The zero-order valence-corrected chi connectivity index (χ0v) is 22.7. The average Bonchev–Trinajstić information content (AvgIpc) is 2.98. The third-order valence-electron chi connectivity index (χ3n) is 8.39. The molecule has 1 aliphatic carbocycles. The van der Waals surface area contributed by atoms with Crippen molar-refractivity contribution in [2.24, 2.45) is 5.92 Å². The third kappa shape index (κ3) is 7.96. The quantitative estimate of drug-likeness (QED) is 0.233. The average molecular weight is 533 g/mol. The molecule has 1 unspecified atom stereocenters. The van der Waals surface area contributed by atoms with E-state index in [2.05, 4.69) is 59.5 Å². The van der Waals surface area contributed by atoms with Gasteiger partial charge in [-0.2, -0.15) is 18.4 Å². The first-order valence-electron chi connectivity index (χ1n) is 14.3. The molecule has 2 nitrogen and oxygen atoms in total. The maximum atomic E-state index is 13.3. The number of benzene rings is 3.